The van der Waals surface area contributed by atoms with Gasteiger partial charge in [0.25, 0.3) is 0 Å². The highest BCUT2D eigenvalue weighted by atomic mass is 16.4. The summed E-state index contributed by atoms with van der Waals surface area (Å²) in [6, 6.07) is 55.1. The van der Waals surface area contributed by atoms with Crippen molar-refractivity contribution in [1.82, 2.24) is 0 Å². The summed E-state index contributed by atoms with van der Waals surface area (Å²) in [5, 5.41) is 8.42. The van der Waals surface area contributed by atoms with Gasteiger partial charge in [0.2, 0.25) is 0 Å². The highest BCUT2D eigenvalue weighted by Crippen LogP contribution is 2.43. The molecule has 0 saturated heterocycles. The van der Waals surface area contributed by atoms with Crippen LogP contribution in [0.25, 0.3) is 121 Å². The minimum absolute atomic E-state index is 0.768. The molecule has 0 aliphatic carbocycles. The van der Waals surface area contributed by atoms with Crippen LogP contribution < -0.4 is 0 Å². The van der Waals surface area contributed by atoms with Crippen LogP contribution in [0.15, 0.2) is 175 Å². The van der Waals surface area contributed by atoms with E-state index in [4.69, 9.17) is 17.7 Å². The number of hydrogen-bond donors (Lipinski definition) is 0. The van der Waals surface area contributed by atoms with E-state index in [1.807, 2.05) is 12.1 Å². The van der Waals surface area contributed by atoms with Crippen molar-refractivity contribution in [3.63, 3.8) is 0 Å². The molecule has 4 heteroatoms. The highest BCUT2D eigenvalue weighted by molar-refractivity contribution is 6.21. The molecule has 0 aliphatic heterocycles. The Balaban J connectivity index is 0.970. The van der Waals surface area contributed by atoms with Gasteiger partial charge < -0.3 is 17.7 Å². The summed E-state index contributed by atoms with van der Waals surface area (Å²) in [7, 11) is 0. The van der Waals surface area contributed by atoms with Crippen LogP contribution in [0.1, 0.15) is 0 Å². The third-order valence-corrected chi connectivity index (χ3v) is 10.7. The van der Waals surface area contributed by atoms with E-state index in [1.54, 1.807) is 0 Å². The SMILES string of the molecule is c1ccc(-c2ccc3oc4c(ccc5c6cc(-c7ccc8oc9c(ccc%10c%11cc(-c%12ccccc%12)ccc%11oc%109)c8c7)ccc6oc54)c3c2)cc1. The lowest BCUT2D eigenvalue weighted by molar-refractivity contribution is 0.633. The summed E-state index contributed by atoms with van der Waals surface area (Å²) in [5.74, 6) is 0. The topological polar surface area (TPSA) is 52.6 Å². The van der Waals surface area contributed by atoms with E-state index in [0.717, 1.165) is 110 Å². The van der Waals surface area contributed by atoms with Crippen LogP contribution >= 0.6 is 0 Å². The monoisotopic (exact) mass is 666 g/mol. The zero-order valence-electron chi connectivity index (χ0n) is 27.6. The van der Waals surface area contributed by atoms with E-state index in [1.165, 1.54) is 11.1 Å². The predicted molar refractivity (Wildman–Crippen MR) is 212 cm³/mol. The van der Waals surface area contributed by atoms with Crippen molar-refractivity contribution in [2.45, 2.75) is 0 Å². The van der Waals surface area contributed by atoms with Crippen LogP contribution in [0.4, 0.5) is 0 Å². The summed E-state index contributed by atoms with van der Waals surface area (Å²) >= 11 is 0. The molecule has 12 rings (SSSR count). The number of fused-ring (bicyclic) bond motifs is 14. The molecule has 0 radical (unpaired) electrons. The maximum Gasteiger partial charge on any atom is 0.178 e. The molecule has 0 bridgehead atoms. The van der Waals surface area contributed by atoms with Gasteiger partial charge in [-0.15, -0.1) is 0 Å². The third-order valence-electron chi connectivity index (χ3n) is 10.7. The van der Waals surface area contributed by atoms with E-state index in [0.29, 0.717) is 0 Å². The fourth-order valence-corrected chi connectivity index (χ4v) is 8.12. The van der Waals surface area contributed by atoms with Gasteiger partial charge in [-0.05, 0) is 106 Å². The molecule has 0 unspecified atom stereocenters. The molecule has 4 aromatic heterocycles. The minimum atomic E-state index is 0.768. The zero-order chi connectivity index (χ0) is 33.9. The summed E-state index contributed by atoms with van der Waals surface area (Å²) in [6.07, 6.45) is 0. The Morgan fingerprint density at radius 2 is 0.481 bits per heavy atom. The molecular weight excluding hydrogens is 641 g/mol. The van der Waals surface area contributed by atoms with Crippen LogP contribution in [0.3, 0.4) is 0 Å². The maximum absolute atomic E-state index is 6.50. The van der Waals surface area contributed by atoms with Gasteiger partial charge in [0, 0.05) is 43.1 Å². The second-order valence-corrected chi connectivity index (χ2v) is 13.6. The fourth-order valence-electron chi connectivity index (χ4n) is 8.12. The summed E-state index contributed by atoms with van der Waals surface area (Å²) in [4.78, 5) is 0. The van der Waals surface area contributed by atoms with E-state index in [2.05, 4.69) is 146 Å². The van der Waals surface area contributed by atoms with Gasteiger partial charge in [-0.3, -0.25) is 0 Å². The fraction of sp³-hybridized carbons (Fsp3) is 0. The van der Waals surface area contributed by atoms with Gasteiger partial charge in [0.05, 0.1) is 0 Å². The van der Waals surface area contributed by atoms with Crippen LogP contribution in [0.5, 0.6) is 0 Å². The smallest absolute Gasteiger partial charge is 0.178 e. The summed E-state index contributed by atoms with van der Waals surface area (Å²) < 4.78 is 25.9. The van der Waals surface area contributed by atoms with Crippen molar-refractivity contribution < 1.29 is 17.7 Å². The normalized spacial score (nSPS) is 12.2. The van der Waals surface area contributed by atoms with Gasteiger partial charge in [-0.1, -0.05) is 84.9 Å². The first kappa shape index (κ1) is 27.7. The molecular formula is C48H26O4. The number of furan rings is 4. The number of rotatable bonds is 3. The molecule has 0 spiro atoms. The van der Waals surface area contributed by atoms with Crippen LogP contribution in [-0.2, 0) is 0 Å². The molecule has 52 heavy (non-hydrogen) atoms. The van der Waals surface area contributed by atoms with Gasteiger partial charge in [-0.2, -0.15) is 0 Å². The van der Waals surface area contributed by atoms with Crippen molar-refractivity contribution >= 4 is 87.8 Å². The van der Waals surface area contributed by atoms with Crippen LogP contribution in [-0.4, -0.2) is 0 Å². The number of hydrogen-bond acceptors (Lipinski definition) is 4. The first-order valence-electron chi connectivity index (χ1n) is 17.5. The Labute approximate surface area is 295 Å². The molecule has 0 aliphatic rings. The van der Waals surface area contributed by atoms with Gasteiger partial charge in [0.15, 0.2) is 22.3 Å². The molecule has 0 fully saturated rings. The van der Waals surface area contributed by atoms with E-state index in [-0.39, 0.29) is 0 Å². The van der Waals surface area contributed by atoms with Gasteiger partial charge >= 0.3 is 0 Å². The van der Waals surface area contributed by atoms with E-state index in [9.17, 15) is 0 Å². The van der Waals surface area contributed by atoms with Crippen molar-refractivity contribution in [2.75, 3.05) is 0 Å². The Bertz CT molecular complexity index is 3160. The Morgan fingerprint density at radius 1 is 0.212 bits per heavy atom. The average Bonchev–Trinajstić information content (AvgIpc) is 3.97. The molecule has 0 N–H and O–H groups in total. The molecule has 4 heterocycles. The largest absolute Gasteiger partial charge is 0.452 e. The summed E-state index contributed by atoms with van der Waals surface area (Å²) in [6.45, 7) is 0. The molecule has 0 atom stereocenters. The lowest BCUT2D eigenvalue weighted by Crippen LogP contribution is -1.78. The van der Waals surface area contributed by atoms with Gasteiger partial charge in [0.1, 0.15) is 22.3 Å². The molecule has 0 amide bonds. The third kappa shape index (κ3) is 3.92. The predicted octanol–water partition coefficient (Wildman–Crippen LogP) is 14.3. The standard InChI is InChI=1S/C48H26O4/c1-3-7-27(8-4-1)29-11-19-41-37(23-29)33-15-17-35-39-25-31(13-21-43(39)51-47(35)45(33)49-41)32-14-22-44-40(26-32)36-18-16-34-38-24-30(28-9-5-2-6-10-28)12-20-42(38)50-46(34)48(36)52-44/h1-26H. The molecule has 4 nitrogen and oxygen atoms in total. The molecule has 242 valence electrons. The lowest BCUT2D eigenvalue weighted by Gasteiger charge is -2.02. The van der Waals surface area contributed by atoms with Crippen molar-refractivity contribution in [1.29, 1.82) is 0 Å². The van der Waals surface area contributed by atoms with Gasteiger partial charge in [-0.25, -0.2) is 0 Å². The van der Waals surface area contributed by atoms with Crippen LogP contribution in [0, 0.1) is 0 Å². The Morgan fingerprint density at radius 3 is 0.769 bits per heavy atom. The second kappa shape index (κ2) is 10.3. The lowest BCUT2D eigenvalue weighted by atomic mass is 9.99. The van der Waals surface area contributed by atoms with E-state index < -0.39 is 0 Å². The van der Waals surface area contributed by atoms with E-state index >= 15 is 0 Å². The van der Waals surface area contributed by atoms with Crippen molar-refractivity contribution in [2.24, 2.45) is 0 Å². The average molecular weight is 667 g/mol. The first-order chi connectivity index (χ1) is 25.7. The second-order valence-electron chi connectivity index (χ2n) is 13.6. The minimum Gasteiger partial charge on any atom is -0.452 e. The van der Waals surface area contributed by atoms with Crippen molar-refractivity contribution in [3.05, 3.63) is 158 Å². The number of benzene rings is 8. The highest BCUT2D eigenvalue weighted by Gasteiger charge is 2.19. The molecule has 0 saturated carbocycles. The summed E-state index contributed by atoms with van der Waals surface area (Å²) in [5.41, 5.74) is 13.3. The first-order valence-corrected chi connectivity index (χ1v) is 17.5. The Hall–Kier alpha value is -7.04. The maximum atomic E-state index is 6.50. The van der Waals surface area contributed by atoms with Crippen LogP contribution in [0.2, 0.25) is 0 Å². The molecule has 12 aromatic rings. The zero-order valence-corrected chi connectivity index (χ0v) is 27.6. The molecule has 8 aromatic carbocycles. The van der Waals surface area contributed by atoms with Crippen molar-refractivity contribution in [3.8, 4) is 33.4 Å². The Kier molecular flexibility index (Phi) is 5.47. The quantitative estimate of drug-likeness (QED) is 0.188.